The molecular formula is C8H7F7O2. The van der Waals surface area contributed by atoms with Gasteiger partial charge in [-0.3, -0.25) is 0 Å². The maximum atomic E-state index is 12.5. The van der Waals surface area contributed by atoms with E-state index in [0.717, 1.165) is 0 Å². The van der Waals surface area contributed by atoms with Gasteiger partial charge in [0.25, 0.3) is 0 Å². The Morgan fingerprint density at radius 3 is 1.94 bits per heavy atom. The van der Waals surface area contributed by atoms with Crippen molar-refractivity contribution in [2.45, 2.75) is 24.9 Å². The topological polar surface area (TPSA) is 26.3 Å². The average Bonchev–Trinajstić information content (AvgIpc) is 2.13. The van der Waals surface area contributed by atoms with Crippen LogP contribution in [0.3, 0.4) is 0 Å². The zero-order valence-corrected chi connectivity index (χ0v) is 8.32. The molecule has 0 aromatic carbocycles. The van der Waals surface area contributed by atoms with Crippen molar-refractivity contribution in [3.63, 3.8) is 0 Å². The van der Waals surface area contributed by atoms with Crippen LogP contribution < -0.4 is 0 Å². The summed E-state index contributed by atoms with van der Waals surface area (Å²) in [6.07, 6.45) is -7.43. The van der Waals surface area contributed by atoms with Gasteiger partial charge in [-0.1, -0.05) is 0 Å². The molecule has 0 saturated carbocycles. The summed E-state index contributed by atoms with van der Waals surface area (Å²) in [6, 6.07) is 0. The summed E-state index contributed by atoms with van der Waals surface area (Å²) in [5, 5.41) is 0. The minimum Gasteiger partial charge on any atom is -0.463 e. The van der Waals surface area contributed by atoms with Crippen molar-refractivity contribution in [1.82, 2.24) is 0 Å². The first kappa shape index (κ1) is 15.7. The predicted octanol–water partition coefficient (Wildman–Crippen LogP) is 2.94. The predicted molar refractivity (Wildman–Crippen MR) is 41.7 cm³/mol. The molecule has 0 aliphatic heterocycles. The third-order valence-electron chi connectivity index (χ3n) is 1.49. The summed E-state index contributed by atoms with van der Waals surface area (Å²) < 4.78 is 88.5. The molecule has 0 rings (SSSR count). The maximum absolute atomic E-state index is 12.5. The Balaban J connectivity index is 4.97. The van der Waals surface area contributed by atoms with Crippen molar-refractivity contribution < 1.29 is 40.3 Å². The molecule has 0 fully saturated rings. The number of hydrogen-bond donors (Lipinski definition) is 0. The van der Waals surface area contributed by atoms with E-state index >= 15 is 0 Å². The van der Waals surface area contributed by atoms with E-state index in [4.69, 9.17) is 0 Å². The Morgan fingerprint density at radius 2 is 1.59 bits per heavy atom. The molecule has 0 atom stereocenters. The van der Waals surface area contributed by atoms with Crippen molar-refractivity contribution in [3.8, 4) is 0 Å². The minimum absolute atomic E-state index is 0.177. The van der Waals surface area contributed by atoms with Crippen LogP contribution in [0, 0.1) is 0 Å². The highest BCUT2D eigenvalue weighted by Gasteiger charge is 2.71. The van der Waals surface area contributed by atoms with E-state index in [2.05, 4.69) is 4.74 Å². The van der Waals surface area contributed by atoms with Crippen molar-refractivity contribution >= 4 is 5.97 Å². The van der Waals surface area contributed by atoms with Gasteiger partial charge in [-0.05, 0) is 13.0 Å². The SMILES string of the molecule is CCOC(=O)/C=C/C(F)(F)C(F)(F)C(F)(F)F. The Hall–Kier alpha value is -1.28. The fourth-order valence-electron chi connectivity index (χ4n) is 0.657. The van der Waals surface area contributed by atoms with Crippen LogP contribution in [0.2, 0.25) is 0 Å². The van der Waals surface area contributed by atoms with Gasteiger partial charge in [-0.15, -0.1) is 0 Å². The number of ether oxygens (including phenoxy) is 1. The summed E-state index contributed by atoms with van der Waals surface area (Å²) in [7, 11) is 0. The monoisotopic (exact) mass is 268 g/mol. The van der Waals surface area contributed by atoms with Crippen LogP contribution in [0.15, 0.2) is 12.2 Å². The van der Waals surface area contributed by atoms with E-state index in [1.165, 1.54) is 6.92 Å². The highest BCUT2D eigenvalue weighted by Crippen LogP contribution is 2.47. The highest BCUT2D eigenvalue weighted by atomic mass is 19.4. The van der Waals surface area contributed by atoms with Gasteiger partial charge in [0.05, 0.1) is 6.61 Å². The van der Waals surface area contributed by atoms with Crippen LogP contribution in [-0.2, 0) is 9.53 Å². The summed E-state index contributed by atoms with van der Waals surface area (Å²) in [4.78, 5) is 10.5. The Kier molecular flexibility index (Phi) is 4.55. The second-order valence-electron chi connectivity index (χ2n) is 2.78. The molecule has 17 heavy (non-hydrogen) atoms. The molecule has 0 aromatic rings. The van der Waals surface area contributed by atoms with Gasteiger partial charge in [0.15, 0.2) is 0 Å². The van der Waals surface area contributed by atoms with E-state index < -0.39 is 30.1 Å². The number of rotatable bonds is 4. The van der Waals surface area contributed by atoms with Crippen LogP contribution in [0.5, 0.6) is 0 Å². The molecule has 0 N–H and O–H groups in total. The summed E-state index contributed by atoms with van der Waals surface area (Å²) in [5.74, 6) is -13.2. The van der Waals surface area contributed by atoms with E-state index in [-0.39, 0.29) is 12.7 Å². The number of halogens is 7. The van der Waals surface area contributed by atoms with E-state index in [9.17, 15) is 35.5 Å². The molecule has 0 unspecified atom stereocenters. The summed E-state index contributed by atoms with van der Waals surface area (Å²) in [5.41, 5.74) is 0. The number of alkyl halides is 7. The lowest BCUT2D eigenvalue weighted by atomic mass is 10.1. The standard InChI is InChI=1S/C8H7F7O2/c1-2-17-5(16)3-4-6(9,10)7(11,12)8(13,14)15/h3-4H,2H2,1H3/b4-3+. The van der Waals surface area contributed by atoms with Gasteiger partial charge < -0.3 is 4.74 Å². The van der Waals surface area contributed by atoms with E-state index in [1.54, 1.807) is 0 Å². The fraction of sp³-hybridized carbons (Fsp3) is 0.625. The lowest BCUT2D eigenvalue weighted by Crippen LogP contribution is -2.50. The van der Waals surface area contributed by atoms with Gasteiger partial charge in [0.2, 0.25) is 0 Å². The number of carbonyl (C=O) groups is 1. The number of esters is 1. The fourth-order valence-corrected chi connectivity index (χ4v) is 0.657. The van der Waals surface area contributed by atoms with Crippen molar-refractivity contribution in [3.05, 3.63) is 12.2 Å². The average molecular weight is 268 g/mol. The number of carbonyl (C=O) groups excluding carboxylic acids is 1. The maximum Gasteiger partial charge on any atom is 0.460 e. The summed E-state index contributed by atoms with van der Waals surface area (Å²) in [6.45, 7) is 1.07. The molecule has 0 bridgehead atoms. The largest absolute Gasteiger partial charge is 0.463 e. The normalized spacial score (nSPS) is 14.1. The first-order chi connectivity index (χ1) is 7.45. The molecule has 0 amide bonds. The zero-order chi connectivity index (χ0) is 13.9. The second kappa shape index (κ2) is 4.92. The lowest BCUT2D eigenvalue weighted by Gasteiger charge is -2.25. The molecule has 0 radical (unpaired) electrons. The van der Waals surface area contributed by atoms with Gasteiger partial charge >= 0.3 is 24.0 Å². The molecule has 0 saturated heterocycles. The quantitative estimate of drug-likeness (QED) is 0.445. The number of hydrogen-bond acceptors (Lipinski definition) is 2. The van der Waals surface area contributed by atoms with Crippen molar-refractivity contribution in [2.24, 2.45) is 0 Å². The van der Waals surface area contributed by atoms with Crippen LogP contribution >= 0.6 is 0 Å². The second-order valence-corrected chi connectivity index (χ2v) is 2.78. The third-order valence-corrected chi connectivity index (χ3v) is 1.49. The molecule has 0 aliphatic rings. The highest BCUT2D eigenvalue weighted by molar-refractivity contribution is 5.82. The van der Waals surface area contributed by atoms with Gasteiger partial charge in [0, 0.05) is 6.08 Å². The molecule has 0 aliphatic carbocycles. The molecular weight excluding hydrogens is 261 g/mol. The smallest absolute Gasteiger partial charge is 0.460 e. The lowest BCUT2D eigenvalue weighted by molar-refractivity contribution is -0.341. The molecule has 0 spiro atoms. The van der Waals surface area contributed by atoms with Crippen LogP contribution in [0.1, 0.15) is 6.92 Å². The summed E-state index contributed by atoms with van der Waals surface area (Å²) >= 11 is 0. The van der Waals surface area contributed by atoms with Crippen molar-refractivity contribution in [1.29, 1.82) is 0 Å². The van der Waals surface area contributed by atoms with Crippen LogP contribution in [0.4, 0.5) is 30.7 Å². The van der Waals surface area contributed by atoms with E-state index in [1.807, 2.05) is 0 Å². The Morgan fingerprint density at radius 1 is 1.12 bits per heavy atom. The molecule has 0 aromatic heterocycles. The van der Waals surface area contributed by atoms with Gasteiger partial charge in [0.1, 0.15) is 0 Å². The Labute approximate surface area is 91.0 Å². The first-order valence-electron chi connectivity index (χ1n) is 4.14. The van der Waals surface area contributed by atoms with Crippen LogP contribution in [-0.4, -0.2) is 30.6 Å². The number of allylic oxidation sites excluding steroid dienone is 1. The minimum atomic E-state index is -6.42. The van der Waals surface area contributed by atoms with Gasteiger partial charge in [-0.25, -0.2) is 4.79 Å². The molecule has 100 valence electrons. The third kappa shape index (κ3) is 3.60. The van der Waals surface area contributed by atoms with Crippen molar-refractivity contribution in [2.75, 3.05) is 6.61 Å². The zero-order valence-electron chi connectivity index (χ0n) is 8.32. The van der Waals surface area contributed by atoms with Gasteiger partial charge in [-0.2, -0.15) is 30.7 Å². The van der Waals surface area contributed by atoms with Crippen LogP contribution in [0.25, 0.3) is 0 Å². The molecule has 0 heterocycles. The Bertz CT molecular complexity index is 305. The first-order valence-corrected chi connectivity index (χ1v) is 4.14. The molecule has 9 heteroatoms. The van der Waals surface area contributed by atoms with E-state index in [0.29, 0.717) is 0 Å². The molecule has 2 nitrogen and oxygen atoms in total.